The lowest BCUT2D eigenvalue weighted by molar-refractivity contribution is -0.137. The molecule has 0 saturated carbocycles. The number of benzene rings is 2. The molecule has 0 heterocycles. The van der Waals surface area contributed by atoms with Crippen LogP contribution in [0.15, 0.2) is 48.5 Å². The minimum Gasteiger partial charge on any atom is -0.490 e. The summed E-state index contributed by atoms with van der Waals surface area (Å²) in [5.74, 6) is 0.451. The van der Waals surface area contributed by atoms with Crippen molar-refractivity contribution in [1.29, 1.82) is 5.26 Å². The summed E-state index contributed by atoms with van der Waals surface area (Å²) in [6.07, 6.45) is -5.51. The Balaban J connectivity index is 2.09. The van der Waals surface area contributed by atoms with Gasteiger partial charge in [0.25, 0.3) is 0 Å². The van der Waals surface area contributed by atoms with Crippen LogP contribution in [0.4, 0.5) is 13.2 Å². The van der Waals surface area contributed by atoms with Crippen LogP contribution >= 0.6 is 0 Å². The molecule has 24 heavy (non-hydrogen) atoms. The molecule has 0 aliphatic carbocycles. The van der Waals surface area contributed by atoms with Gasteiger partial charge in [0.15, 0.2) is 6.10 Å². The van der Waals surface area contributed by atoms with E-state index in [1.165, 1.54) is 12.1 Å². The molecule has 0 spiro atoms. The normalized spacial score (nSPS) is 12.3. The number of nitriles is 1. The lowest BCUT2D eigenvalue weighted by Gasteiger charge is -2.19. The van der Waals surface area contributed by atoms with E-state index in [1.54, 1.807) is 24.3 Å². The second kappa shape index (κ2) is 7.70. The predicted octanol–water partition coefficient (Wildman–Crippen LogP) is 3.40. The third-order valence-electron chi connectivity index (χ3n) is 3.10. The first-order valence-electron chi connectivity index (χ1n) is 7.00. The van der Waals surface area contributed by atoms with Gasteiger partial charge in [-0.2, -0.15) is 18.4 Å². The Kier molecular flexibility index (Phi) is 5.66. The fourth-order valence-corrected chi connectivity index (χ4v) is 1.95. The van der Waals surface area contributed by atoms with E-state index >= 15 is 0 Å². The van der Waals surface area contributed by atoms with Gasteiger partial charge in [0, 0.05) is 0 Å². The standard InChI is InChI=1S/C17H14F3NO3/c18-17(19,20)16-8-14(7-6-12(16)9-21)24-15(10-22)11-23-13-4-2-1-3-5-13/h1-8,15,22H,10-11H2. The summed E-state index contributed by atoms with van der Waals surface area (Å²) in [5.41, 5.74) is -1.57. The Hall–Kier alpha value is -2.72. The summed E-state index contributed by atoms with van der Waals surface area (Å²) in [6.45, 7) is -0.476. The van der Waals surface area contributed by atoms with Crippen LogP contribution in [0.25, 0.3) is 0 Å². The topological polar surface area (TPSA) is 62.5 Å². The molecule has 4 nitrogen and oxygen atoms in total. The number of rotatable bonds is 6. The fraction of sp³-hybridized carbons (Fsp3) is 0.235. The van der Waals surface area contributed by atoms with E-state index < -0.39 is 30.0 Å². The van der Waals surface area contributed by atoms with E-state index in [1.807, 2.05) is 6.07 Å². The van der Waals surface area contributed by atoms with Crippen molar-refractivity contribution in [1.82, 2.24) is 0 Å². The monoisotopic (exact) mass is 337 g/mol. The zero-order chi connectivity index (χ0) is 17.6. The van der Waals surface area contributed by atoms with Crippen LogP contribution in [-0.4, -0.2) is 24.4 Å². The third-order valence-corrected chi connectivity index (χ3v) is 3.10. The van der Waals surface area contributed by atoms with Crippen LogP contribution in [0.2, 0.25) is 0 Å². The SMILES string of the molecule is N#Cc1ccc(OC(CO)COc2ccccc2)cc1C(F)(F)F. The smallest absolute Gasteiger partial charge is 0.417 e. The van der Waals surface area contributed by atoms with Crippen molar-refractivity contribution < 1.29 is 27.8 Å². The minimum atomic E-state index is -4.67. The van der Waals surface area contributed by atoms with Crippen LogP contribution in [0.5, 0.6) is 11.5 Å². The molecule has 1 N–H and O–H groups in total. The summed E-state index contributed by atoms with van der Waals surface area (Å²) < 4.78 is 49.5. The molecule has 2 aromatic rings. The van der Waals surface area contributed by atoms with Crippen molar-refractivity contribution in [2.45, 2.75) is 12.3 Å². The van der Waals surface area contributed by atoms with Crippen molar-refractivity contribution in [3.05, 3.63) is 59.7 Å². The molecule has 0 bridgehead atoms. The second-order valence-electron chi connectivity index (χ2n) is 4.86. The van der Waals surface area contributed by atoms with Gasteiger partial charge in [0.1, 0.15) is 18.1 Å². The van der Waals surface area contributed by atoms with Gasteiger partial charge < -0.3 is 14.6 Å². The molecule has 0 amide bonds. The van der Waals surface area contributed by atoms with Gasteiger partial charge in [-0.05, 0) is 30.3 Å². The van der Waals surface area contributed by atoms with Crippen molar-refractivity contribution in [2.24, 2.45) is 0 Å². The Morgan fingerprint density at radius 2 is 1.79 bits per heavy atom. The maximum Gasteiger partial charge on any atom is 0.417 e. The molecule has 0 aliphatic heterocycles. The molecular weight excluding hydrogens is 323 g/mol. The van der Waals surface area contributed by atoms with Gasteiger partial charge in [-0.25, -0.2) is 0 Å². The van der Waals surface area contributed by atoms with Gasteiger partial charge in [-0.15, -0.1) is 0 Å². The summed E-state index contributed by atoms with van der Waals surface area (Å²) in [5, 5.41) is 18.1. The van der Waals surface area contributed by atoms with Crippen molar-refractivity contribution in [3.8, 4) is 17.6 Å². The van der Waals surface area contributed by atoms with Crippen molar-refractivity contribution in [3.63, 3.8) is 0 Å². The summed E-state index contributed by atoms with van der Waals surface area (Å²) >= 11 is 0. The summed E-state index contributed by atoms with van der Waals surface area (Å²) in [7, 11) is 0. The lowest BCUT2D eigenvalue weighted by Crippen LogP contribution is -2.28. The molecule has 0 fully saturated rings. The van der Waals surface area contributed by atoms with Crippen LogP contribution in [0.1, 0.15) is 11.1 Å². The number of nitrogens with zero attached hydrogens (tertiary/aromatic N) is 1. The largest absolute Gasteiger partial charge is 0.490 e. The second-order valence-corrected chi connectivity index (χ2v) is 4.86. The van der Waals surface area contributed by atoms with Crippen LogP contribution in [0, 0.1) is 11.3 Å². The number of hydrogen-bond donors (Lipinski definition) is 1. The molecule has 1 unspecified atom stereocenters. The molecule has 7 heteroatoms. The maximum absolute atomic E-state index is 12.9. The summed E-state index contributed by atoms with van der Waals surface area (Å²) in [4.78, 5) is 0. The van der Waals surface area contributed by atoms with E-state index in [4.69, 9.17) is 14.7 Å². The quantitative estimate of drug-likeness (QED) is 0.878. The first-order chi connectivity index (χ1) is 11.4. The van der Waals surface area contributed by atoms with Crippen LogP contribution in [0.3, 0.4) is 0 Å². The van der Waals surface area contributed by atoms with Crippen molar-refractivity contribution >= 4 is 0 Å². The van der Waals surface area contributed by atoms with E-state index in [0.717, 1.165) is 12.1 Å². The lowest BCUT2D eigenvalue weighted by atomic mass is 10.1. The first-order valence-corrected chi connectivity index (χ1v) is 7.00. The molecule has 0 aliphatic rings. The number of aliphatic hydroxyl groups is 1. The van der Waals surface area contributed by atoms with Gasteiger partial charge in [0.2, 0.25) is 0 Å². The van der Waals surface area contributed by atoms with E-state index in [9.17, 15) is 18.3 Å². The Labute approximate surface area is 136 Å². The van der Waals surface area contributed by atoms with Crippen molar-refractivity contribution in [2.75, 3.05) is 13.2 Å². The Morgan fingerprint density at radius 1 is 1.08 bits per heavy atom. The van der Waals surface area contributed by atoms with E-state index in [2.05, 4.69) is 0 Å². The first kappa shape index (κ1) is 17.6. The highest BCUT2D eigenvalue weighted by atomic mass is 19.4. The number of ether oxygens (including phenoxy) is 2. The maximum atomic E-state index is 12.9. The number of aliphatic hydroxyl groups excluding tert-OH is 1. The molecule has 2 rings (SSSR count). The Bertz CT molecular complexity index is 711. The molecule has 126 valence electrons. The number of para-hydroxylation sites is 1. The highest BCUT2D eigenvalue weighted by Gasteiger charge is 2.34. The highest BCUT2D eigenvalue weighted by Crippen LogP contribution is 2.34. The average molecular weight is 337 g/mol. The zero-order valence-corrected chi connectivity index (χ0v) is 12.5. The summed E-state index contributed by atoms with van der Waals surface area (Å²) in [6, 6.07) is 13.3. The minimum absolute atomic E-state index is 0.0398. The number of halogens is 3. The molecule has 1 atom stereocenters. The predicted molar refractivity (Wildman–Crippen MR) is 79.6 cm³/mol. The fourth-order valence-electron chi connectivity index (χ4n) is 1.95. The number of hydrogen-bond acceptors (Lipinski definition) is 4. The molecular formula is C17H14F3NO3. The zero-order valence-electron chi connectivity index (χ0n) is 12.5. The molecule has 0 saturated heterocycles. The van der Waals surface area contributed by atoms with Gasteiger partial charge >= 0.3 is 6.18 Å². The molecule has 0 radical (unpaired) electrons. The Morgan fingerprint density at radius 3 is 2.38 bits per heavy atom. The van der Waals surface area contributed by atoms with Crippen LogP contribution in [-0.2, 0) is 6.18 Å². The van der Waals surface area contributed by atoms with Gasteiger partial charge in [-0.3, -0.25) is 0 Å². The van der Waals surface area contributed by atoms with Gasteiger partial charge in [0.05, 0.1) is 23.8 Å². The van der Waals surface area contributed by atoms with Gasteiger partial charge in [-0.1, -0.05) is 18.2 Å². The molecule has 2 aromatic carbocycles. The van der Waals surface area contributed by atoms with E-state index in [0.29, 0.717) is 5.75 Å². The van der Waals surface area contributed by atoms with E-state index in [-0.39, 0.29) is 12.4 Å². The van der Waals surface area contributed by atoms with Crippen LogP contribution < -0.4 is 9.47 Å². The molecule has 0 aromatic heterocycles. The third kappa shape index (κ3) is 4.64. The average Bonchev–Trinajstić information content (AvgIpc) is 2.58. The number of alkyl halides is 3. The highest BCUT2D eigenvalue weighted by molar-refractivity contribution is 5.44.